The van der Waals surface area contributed by atoms with Gasteiger partial charge in [-0.05, 0) is 69.9 Å². The summed E-state index contributed by atoms with van der Waals surface area (Å²) in [6.45, 7) is 5.53. The molecule has 0 saturated heterocycles. The van der Waals surface area contributed by atoms with E-state index < -0.39 is 0 Å². The molecule has 3 aromatic rings. The van der Waals surface area contributed by atoms with Crippen LogP contribution in [0.2, 0.25) is 0 Å². The maximum Gasteiger partial charge on any atom is 0.245 e. The third kappa shape index (κ3) is 5.28. The third-order valence-corrected chi connectivity index (χ3v) is 3.93. The lowest BCUT2D eigenvalue weighted by atomic mass is 10.2. The van der Waals surface area contributed by atoms with E-state index in [9.17, 15) is 0 Å². The summed E-state index contributed by atoms with van der Waals surface area (Å²) in [6, 6.07) is 11.8. The molecule has 3 rings (SSSR count). The topological polar surface area (TPSA) is 51.4 Å². The van der Waals surface area contributed by atoms with Crippen molar-refractivity contribution in [3.8, 4) is 28.7 Å². The summed E-state index contributed by atoms with van der Waals surface area (Å²) in [5.74, 6) is 2.06. The molecule has 1 aromatic carbocycles. The van der Waals surface area contributed by atoms with Gasteiger partial charge in [-0.25, -0.2) is 4.98 Å². The van der Waals surface area contributed by atoms with Crippen LogP contribution < -0.4 is 4.74 Å². The van der Waals surface area contributed by atoms with E-state index in [1.807, 2.05) is 62.8 Å². The molecule has 2 heterocycles. The van der Waals surface area contributed by atoms with Gasteiger partial charge in [0.2, 0.25) is 5.89 Å². The summed E-state index contributed by atoms with van der Waals surface area (Å²) in [5, 5.41) is 0. The highest BCUT2D eigenvalue weighted by atomic mass is 16.5. The van der Waals surface area contributed by atoms with E-state index in [0.29, 0.717) is 18.3 Å². The molecule has 0 aliphatic rings. The van der Waals surface area contributed by atoms with E-state index >= 15 is 0 Å². The van der Waals surface area contributed by atoms with Crippen LogP contribution in [0, 0.1) is 0 Å². The average molecular weight is 363 g/mol. The molecule has 0 amide bonds. The van der Waals surface area contributed by atoms with Gasteiger partial charge in [-0.1, -0.05) is 11.6 Å². The smallest absolute Gasteiger partial charge is 0.245 e. The summed E-state index contributed by atoms with van der Waals surface area (Å²) in [6.07, 6.45) is 5.63. The first-order chi connectivity index (χ1) is 13.0. The Hall–Kier alpha value is -2.92. The standard InChI is InChI=1S/C22H25N3O2/c1-16(2)11-12-26-19-8-6-18(7-9-19)21-14-24-22(27-21)20-10-5-17(13-23-20)15-25(3)4/h5-11,13-14H,12,15H2,1-4H3. The van der Waals surface area contributed by atoms with E-state index in [1.54, 1.807) is 6.20 Å². The minimum absolute atomic E-state index is 0.519. The van der Waals surface area contributed by atoms with Gasteiger partial charge in [-0.3, -0.25) is 4.98 Å². The Morgan fingerprint density at radius 3 is 2.44 bits per heavy atom. The number of benzene rings is 1. The van der Waals surface area contributed by atoms with Gasteiger partial charge in [-0.2, -0.15) is 0 Å². The lowest BCUT2D eigenvalue weighted by molar-refractivity contribution is 0.362. The van der Waals surface area contributed by atoms with Crippen LogP contribution in [0.1, 0.15) is 19.4 Å². The molecule has 0 spiro atoms. The summed E-state index contributed by atoms with van der Waals surface area (Å²) in [4.78, 5) is 10.9. The maximum absolute atomic E-state index is 5.89. The maximum atomic E-state index is 5.89. The first-order valence-electron chi connectivity index (χ1n) is 8.94. The molecule has 140 valence electrons. The highest BCUT2D eigenvalue weighted by Gasteiger charge is 2.10. The van der Waals surface area contributed by atoms with E-state index in [0.717, 1.165) is 29.1 Å². The summed E-state index contributed by atoms with van der Waals surface area (Å²) < 4.78 is 11.6. The number of pyridine rings is 1. The Bertz CT molecular complexity index is 890. The molecule has 0 aliphatic carbocycles. The number of hydrogen-bond donors (Lipinski definition) is 0. The van der Waals surface area contributed by atoms with E-state index in [2.05, 4.69) is 28.7 Å². The zero-order valence-electron chi connectivity index (χ0n) is 16.3. The number of allylic oxidation sites excluding steroid dienone is 1. The minimum atomic E-state index is 0.519. The quantitative estimate of drug-likeness (QED) is 0.564. The van der Waals surface area contributed by atoms with Gasteiger partial charge in [-0.15, -0.1) is 0 Å². The third-order valence-electron chi connectivity index (χ3n) is 3.93. The molecular formula is C22H25N3O2. The molecule has 5 nitrogen and oxygen atoms in total. The van der Waals surface area contributed by atoms with Gasteiger partial charge >= 0.3 is 0 Å². The van der Waals surface area contributed by atoms with Crippen molar-refractivity contribution in [1.82, 2.24) is 14.9 Å². The fourth-order valence-corrected chi connectivity index (χ4v) is 2.56. The second-order valence-corrected chi connectivity index (χ2v) is 6.94. The summed E-state index contributed by atoms with van der Waals surface area (Å²) >= 11 is 0. The molecule has 0 radical (unpaired) electrons. The van der Waals surface area contributed by atoms with Crippen molar-refractivity contribution in [1.29, 1.82) is 0 Å². The van der Waals surface area contributed by atoms with Crippen molar-refractivity contribution >= 4 is 0 Å². The minimum Gasteiger partial charge on any atom is -0.490 e. The molecule has 0 unspecified atom stereocenters. The molecule has 0 fully saturated rings. The van der Waals surface area contributed by atoms with Crippen LogP contribution in [0.5, 0.6) is 5.75 Å². The zero-order chi connectivity index (χ0) is 19.2. The van der Waals surface area contributed by atoms with Crippen LogP contribution in [-0.4, -0.2) is 35.6 Å². The largest absolute Gasteiger partial charge is 0.490 e. The van der Waals surface area contributed by atoms with Gasteiger partial charge in [0, 0.05) is 18.3 Å². The van der Waals surface area contributed by atoms with Gasteiger partial charge in [0.05, 0.1) is 6.20 Å². The predicted octanol–water partition coefficient (Wildman–Crippen LogP) is 4.81. The van der Waals surface area contributed by atoms with Crippen LogP contribution in [0.4, 0.5) is 0 Å². The Morgan fingerprint density at radius 2 is 1.81 bits per heavy atom. The highest BCUT2D eigenvalue weighted by molar-refractivity contribution is 5.60. The van der Waals surface area contributed by atoms with Crippen molar-refractivity contribution in [3.05, 3.63) is 66.0 Å². The lowest BCUT2D eigenvalue weighted by Gasteiger charge is -2.08. The summed E-state index contributed by atoms with van der Waals surface area (Å²) in [7, 11) is 4.07. The Balaban J connectivity index is 1.69. The summed E-state index contributed by atoms with van der Waals surface area (Å²) in [5.41, 5.74) is 4.07. The molecule has 5 heteroatoms. The fraction of sp³-hybridized carbons (Fsp3) is 0.273. The normalized spacial score (nSPS) is 10.9. The van der Waals surface area contributed by atoms with Crippen LogP contribution >= 0.6 is 0 Å². The van der Waals surface area contributed by atoms with Crippen LogP contribution in [-0.2, 0) is 6.54 Å². The number of rotatable bonds is 7. The molecule has 0 N–H and O–H groups in total. The Labute approximate surface area is 160 Å². The van der Waals surface area contributed by atoms with Crippen LogP contribution in [0.15, 0.2) is 64.9 Å². The van der Waals surface area contributed by atoms with Crippen molar-refractivity contribution in [2.45, 2.75) is 20.4 Å². The SMILES string of the molecule is CC(C)=CCOc1ccc(-c2cnc(-c3ccc(CN(C)C)cn3)o2)cc1. The van der Waals surface area contributed by atoms with E-state index in [1.165, 1.54) is 5.57 Å². The highest BCUT2D eigenvalue weighted by Crippen LogP contribution is 2.26. The molecule has 0 atom stereocenters. The number of aromatic nitrogens is 2. The molecule has 0 aliphatic heterocycles. The van der Waals surface area contributed by atoms with Crippen LogP contribution in [0.25, 0.3) is 22.9 Å². The first kappa shape index (κ1) is 18.9. The molecule has 2 aromatic heterocycles. The monoisotopic (exact) mass is 363 g/mol. The van der Waals surface area contributed by atoms with Crippen molar-refractivity contribution in [3.63, 3.8) is 0 Å². The van der Waals surface area contributed by atoms with Crippen molar-refractivity contribution < 1.29 is 9.15 Å². The fourth-order valence-electron chi connectivity index (χ4n) is 2.56. The van der Waals surface area contributed by atoms with Crippen molar-refractivity contribution in [2.24, 2.45) is 0 Å². The van der Waals surface area contributed by atoms with Gasteiger partial charge in [0.15, 0.2) is 5.76 Å². The molecule has 27 heavy (non-hydrogen) atoms. The number of oxazole rings is 1. The number of ether oxygens (including phenoxy) is 1. The van der Waals surface area contributed by atoms with Crippen LogP contribution in [0.3, 0.4) is 0 Å². The Kier molecular flexibility index (Phi) is 6.04. The molecule has 0 saturated carbocycles. The van der Waals surface area contributed by atoms with E-state index in [4.69, 9.17) is 9.15 Å². The first-order valence-corrected chi connectivity index (χ1v) is 8.94. The van der Waals surface area contributed by atoms with Crippen molar-refractivity contribution in [2.75, 3.05) is 20.7 Å². The number of hydrogen-bond acceptors (Lipinski definition) is 5. The second-order valence-electron chi connectivity index (χ2n) is 6.94. The zero-order valence-corrected chi connectivity index (χ0v) is 16.3. The van der Waals surface area contributed by atoms with E-state index in [-0.39, 0.29) is 0 Å². The molecular weight excluding hydrogens is 338 g/mol. The Morgan fingerprint density at radius 1 is 1.04 bits per heavy atom. The van der Waals surface area contributed by atoms with Gasteiger partial charge < -0.3 is 14.1 Å². The second kappa shape index (κ2) is 8.64. The average Bonchev–Trinajstić information content (AvgIpc) is 3.12. The lowest BCUT2D eigenvalue weighted by Crippen LogP contribution is -2.10. The van der Waals surface area contributed by atoms with Gasteiger partial charge in [0.25, 0.3) is 0 Å². The molecule has 0 bridgehead atoms. The predicted molar refractivity (Wildman–Crippen MR) is 107 cm³/mol. The van der Waals surface area contributed by atoms with Gasteiger partial charge in [0.1, 0.15) is 18.1 Å². The number of nitrogens with zero attached hydrogens (tertiary/aromatic N) is 3.